The molecule has 0 spiro atoms. The molecule has 8 heteroatoms. The molecule has 1 saturated heterocycles. The molecule has 1 aromatic rings. The molecule has 2 unspecified atom stereocenters. The maximum atomic E-state index is 13.6. The zero-order valence-electron chi connectivity index (χ0n) is 13.1. The fourth-order valence-corrected chi connectivity index (χ4v) is 3.63. The number of halogens is 2. The zero-order chi connectivity index (χ0) is 17.4. The number of sulfone groups is 1. The van der Waals surface area contributed by atoms with Crippen LogP contribution in [-0.4, -0.2) is 49.8 Å². The van der Waals surface area contributed by atoms with Crippen LogP contribution in [-0.2, 0) is 19.4 Å². The lowest BCUT2D eigenvalue weighted by Gasteiger charge is -2.32. The van der Waals surface area contributed by atoms with Crippen molar-refractivity contribution in [3.8, 4) is 0 Å². The number of nitrogens with zero attached hydrogens (tertiary/aromatic N) is 1. The van der Waals surface area contributed by atoms with Crippen molar-refractivity contribution in [2.75, 3.05) is 18.8 Å². The fourth-order valence-electron chi connectivity index (χ4n) is 2.88. The van der Waals surface area contributed by atoms with Gasteiger partial charge in [-0.15, -0.1) is 11.6 Å². The molecule has 128 valence electrons. The second-order valence-corrected chi connectivity index (χ2v) is 8.23. The Balaban J connectivity index is 2.38. The average Bonchev–Trinajstić information content (AvgIpc) is 2.76. The Morgan fingerprint density at radius 3 is 2.35 bits per heavy atom. The van der Waals surface area contributed by atoms with Gasteiger partial charge in [0, 0.05) is 6.26 Å². The van der Waals surface area contributed by atoms with Gasteiger partial charge in [-0.3, -0.25) is 4.79 Å². The minimum absolute atomic E-state index is 0.170. The molecule has 1 aliphatic rings. The Bertz CT molecular complexity index is 690. The summed E-state index contributed by atoms with van der Waals surface area (Å²) in [4.78, 5) is 13.5. The van der Waals surface area contributed by atoms with Crippen molar-refractivity contribution in [3.05, 3.63) is 29.8 Å². The highest BCUT2D eigenvalue weighted by Gasteiger charge is 2.49. The van der Waals surface area contributed by atoms with E-state index in [1.54, 1.807) is 26.0 Å². The first-order valence-corrected chi connectivity index (χ1v) is 9.46. The molecule has 1 amide bonds. The molecule has 0 bridgehead atoms. The van der Waals surface area contributed by atoms with Crippen LogP contribution < -0.4 is 0 Å². The molecule has 0 saturated carbocycles. The third-order valence-corrected chi connectivity index (χ3v) is 5.21. The highest BCUT2D eigenvalue weighted by molar-refractivity contribution is 7.90. The summed E-state index contributed by atoms with van der Waals surface area (Å²) in [6.07, 6.45) is 0.429. The molecule has 0 N–H and O–H groups in total. The molecule has 0 aromatic heterocycles. The predicted molar refractivity (Wildman–Crippen MR) is 84.8 cm³/mol. The SMILES string of the molecule is CC1(C)OC(c2ccc(S(C)(=O)=O)cc2)C(CF)N1C(=O)CCl. The Morgan fingerprint density at radius 2 is 1.91 bits per heavy atom. The summed E-state index contributed by atoms with van der Waals surface area (Å²) in [5, 5.41) is 0. The van der Waals surface area contributed by atoms with E-state index in [0.29, 0.717) is 5.56 Å². The third-order valence-electron chi connectivity index (χ3n) is 3.85. The van der Waals surface area contributed by atoms with Gasteiger partial charge in [0.1, 0.15) is 24.4 Å². The lowest BCUT2D eigenvalue weighted by Crippen LogP contribution is -2.49. The first kappa shape index (κ1) is 18.2. The molecule has 23 heavy (non-hydrogen) atoms. The highest BCUT2D eigenvalue weighted by atomic mass is 35.5. The van der Waals surface area contributed by atoms with Crippen molar-refractivity contribution in [1.29, 1.82) is 0 Å². The Kier molecular flexibility index (Phi) is 5.03. The largest absolute Gasteiger partial charge is 0.346 e. The van der Waals surface area contributed by atoms with E-state index in [-0.39, 0.29) is 10.8 Å². The van der Waals surface area contributed by atoms with Gasteiger partial charge < -0.3 is 9.64 Å². The van der Waals surface area contributed by atoms with Crippen LogP contribution in [0.1, 0.15) is 25.5 Å². The van der Waals surface area contributed by atoms with Crippen molar-refractivity contribution in [2.45, 2.75) is 36.6 Å². The maximum absolute atomic E-state index is 13.6. The third kappa shape index (κ3) is 3.51. The van der Waals surface area contributed by atoms with E-state index in [1.165, 1.54) is 17.0 Å². The van der Waals surface area contributed by atoms with Crippen molar-refractivity contribution >= 4 is 27.3 Å². The molecule has 1 fully saturated rings. The van der Waals surface area contributed by atoms with Gasteiger partial charge in [-0.1, -0.05) is 12.1 Å². The van der Waals surface area contributed by atoms with Crippen LogP contribution in [0.25, 0.3) is 0 Å². The van der Waals surface area contributed by atoms with E-state index in [4.69, 9.17) is 16.3 Å². The van der Waals surface area contributed by atoms with Crippen molar-refractivity contribution in [3.63, 3.8) is 0 Å². The molecular weight excluding hydrogens is 345 g/mol. The summed E-state index contributed by atoms with van der Waals surface area (Å²) in [5.41, 5.74) is -0.388. The van der Waals surface area contributed by atoms with E-state index in [9.17, 15) is 17.6 Å². The van der Waals surface area contributed by atoms with Crippen LogP contribution >= 0.6 is 11.6 Å². The topological polar surface area (TPSA) is 63.7 Å². The standard InChI is InChI=1S/C15H19ClFNO4S/c1-15(2)18(13(19)8-16)12(9-17)14(22-15)10-4-6-11(7-5-10)23(3,20)21/h4-7,12,14H,8-9H2,1-3H3. The molecule has 2 rings (SSSR count). The van der Waals surface area contributed by atoms with E-state index in [1.807, 2.05) is 0 Å². The van der Waals surface area contributed by atoms with Crippen LogP contribution in [0.15, 0.2) is 29.2 Å². The summed E-state index contributed by atoms with van der Waals surface area (Å²) in [7, 11) is -3.31. The van der Waals surface area contributed by atoms with Crippen LogP contribution in [0.5, 0.6) is 0 Å². The van der Waals surface area contributed by atoms with Crippen LogP contribution in [0.2, 0.25) is 0 Å². The quantitative estimate of drug-likeness (QED) is 0.770. The number of benzene rings is 1. The van der Waals surface area contributed by atoms with Crippen molar-refractivity contribution in [2.24, 2.45) is 0 Å². The first-order chi connectivity index (χ1) is 10.6. The Hall–Kier alpha value is -1.18. The van der Waals surface area contributed by atoms with Crippen LogP contribution in [0.4, 0.5) is 4.39 Å². The second kappa shape index (κ2) is 6.37. The van der Waals surface area contributed by atoms with E-state index in [2.05, 4.69) is 0 Å². The summed E-state index contributed by atoms with van der Waals surface area (Å²) in [6, 6.07) is 5.24. The lowest BCUT2D eigenvalue weighted by molar-refractivity contribution is -0.144. The lowest BCUT2D eigenvalue weighted by atomic mass is 10.0. The number of carbonyl (C=O) groups is 1. The average molecular weight is 364 g/mol. The summed E-state index contributed by atoms with van der Waals surface area (Å²) < 4.78 is 42.5. The number of rotatable bonds is 4. The van der Waals surface area contributed by atoms with Crippen molar-refractivity contribution in [1.82, 2.24) is 4.90 Å². The van der Waals surface area contributed by atoms with Gasteiger partial charge >= 0.3 is 0 Å². The highest BCUT2D eigenvalue weighted by Crippen LogP contribution is 2.41. The summed E-state index contributed by atoms with van der Waals surface area (Å²) in [6.45, 7) is 2.56. The van der Waals surface area contributed by atoms with E-state index < -0.39 is 40.3 Å². The minimum Gasteiger partial charge on any atom is -0.346 e. The molecule has 1 aliphatic heterocycles. The second-order valence-electron chi connectivity index (χ2n) is 5.95. The van der Waals surface area contributed by atoms with Gasteiger partial charge in [0.25, 0.3) is 0 Å². The van der Waals surface area contributed by atoms with E-state index in [0.717, 1.165) is 6.26 Å². The maximum Gasteiger partial charge on any atom is 0.240 e. The molecular formula is C15H19ClFNO4S. The van der Waals surface area contributed by atoms with Gasteiger partial charge in [0.2, 0.25) is 5.91 Å². The number of hydrogen-bond acceptors (Lipinski definition) is 4. The smallest absolute Gasteiger partial charge is 0.240 e. The van der Waals surface area contributed by atoms with Gasteiger partial charge in [-0.25, -0.2) is 12.8 Å². The van der Waals surface area contributed by atoms with Gasteiger partial charge in [0.15, 0.2) is 9.84 Å². The Morgan fingerprint density at radius 1 is 1.35 bits per heavy atom. The van der Waals surface area contributed by atoms with Crippen LogP contribution in [0.3, 0.4) is 0 Å². The van der Waals surface area contributed by atoms with E-state index >= 15 is 0 Å². The number of amides is 1. The molecule has 1 heterocycles. The Labute approximate surface area is 140 Å². The molecule has 1 aromatic carbocycles. The summed E-state index contributed by atoms with van der Waals surface area (Å²) >= 11 is 5.61. The fraction of sp³-hybridized carbons (Fsp3) is 0.533. The monoisotopic (exact) mass is 363 g/mol. The summed E-state index contributed by atoms with van der Waals surface area (Å²) in [5.74, 6) is -0.669. The minimum atomic E-state index is -3.31. The number of hydrogen-bond donors (Lipinski definition) is 0. The molecule has 5 nitrogen and oxygen atoms in total. The normalized spacial score (nSPS) is 24.0. The van der Waals surface area contributed by atoms with Crippen molar-refractivity contribution < 1.29 is 22.3 Å². The number of ether oxygens (including phenoxy) is 1. The van der Waals surface area contributed by atoms with Gasteiger partial charge in [-0.2, -0.15) is 0 Å². The molecule has 2 atom stereocenters. The number of carbonyl (C=O) groups excluding carboxylic acids is 1. The zero-order valence-corrected chi connectivity index (χ0v) is 14.7. The van der Waals surface area contributed by atoms with Gasteiger partial charge in [-0.05, 0) is 31.5 Å². The van der Waals surface area contributed by atoms with Gasteiger partial charge in [0.05, 0.1) is 10.9 Å². The van der Waals surface area contributed by atoms with Crippen LogP contribution in [0, 0.1) is 0 Å². The molecule has 0 radical (unpaired) electrons. The number of alkyl halides is 2. The first-order valence-electron chi connectivity index (χ1n) is 7.03. The molecule has 0 aliphatic carbocycles. The predicted octanol–water partition coefficient (Wildman–Crippen LogP) is 2.30.